The Morgan fingerprint density at radius 2 is 2.03 bits per heavy atom. The van der Waals surface area contributed by atoms with Crippen LogP contribution < -0.4 is 10.6 Å². The van der Waals surface area contributed by atoms with Gasteiger partial charge >= 0.3 is 0 Å². The molecule has 3 N–H and O–H groups in total. The molecule has 2 aliphatic rings. The van der Waals surface area contributed by atoms with Crippen LogP contribution in [0.25, 0.3) is 10.9 Å². The van der Waals surface area contributed by atoms with Crippen LogP contribution in [-0.2, 0) is 17.7 Å². The lowest BCUT2D eigenvalue weighted by molar-refractivity contribution is 0.0889. The number of aromatic amines is 1. The van der Waals surface area contributed by atoms with Crippen LogP contribution in [0.4, 0.5) is 0 Å². The zero-order valence-corrected chi connectivity index (χ0v) is 20.6. The maximum atomic E-state index is 13.0. The van der Waals surface area contributed by atoms with Gasteiger partial charge < -0.3 is 20.4 Å². The second-order valence-electron chi connectivity index (χ2n) is 8.91. The normalized spacial score (nSPS) is 20.4. The summed E-state index contributed by atoms with van der Waals surface area (Å²) in [6, 6.07) is 7.04. The highest BCUT2D eigenvalue weighted by atomic mass is 35.5. The number of ether oxygens (including phenoxy) is 1. The van der Waals surface area contributed by atoms with E-state index in [1.165, 1.54) is 11.3 Å². The number of hydrogen-bond donors (Lipinski definition) is 3. The van der Waals surface area contributed by atoms with Crippen LogP contribution in [0.3, 0.4) is 0 Å². The summed E-state index contributed by atoms with van der Waals surface area (Å²) in [5.41, 5.74) is 2.37. The Morgan fingerprint density at radius 1 is 1.24 bits per heavy atom. The van der Waals surface area contributed by atoms with E-state index in [4.69, 9.17) is 16.3 Å². The van der Waals surface area contributed by atoms with Crippen LogP contribution in [-0.4, -0.2) is 65.6 Å². The van der Waals surface area contributed by atoms with E-state index >= 15 is 0 Å². The molecule has 0 spiro atoms. The Morgan fingerprint density at radius 3 is 2.82 bits per heavy atom. The molecule has 2 amide bonds. The van der Waals surface area contributed by atoms with E-state index in [1.807, 2.05) is 12.1 Å². The lowest BCUT2D eigenvalue weighted by Crippen LogP contribution is -2.48. The van der Waals surface area contributed by atoms with Gasteiger partial charge in [0.15, 0.2) is 5.01 Å². The van der Waals surface area contributed by atoms with Crippen LogP contribution in [0.5, 0.6) is 0 Å². The first-order chi connectivity index (χ1) is 16.5. The molecule has 2 aromatic heterocycles. The fourth-order valence-corrected chi connectivity index (χ4v) is 6.00. The van der Waals surface area contributed by atoms with Crippen LogP contribution >= 0.6 is 22.9 Å². The van der Waals surface area contributed by atoms with Crippen molar-refractivity contribution < 1.29 is 14.3 Å². The molecular formula is C24H28ClN5O3S. The van der Waals surface area contributed by atoms with Gasteiger partial charge in [0.25, 0.3) is 11.8 Å². The minimum absolute atomic E-state index is 0.116. The molecule has 0 bridgehead atoms. The summed E-state index contributed by atoms with van der Waals surface area (Å²) < 4.78 is 5.18. The van der Waals surface area contributed by atoms with E-state index in [-0.39, 0.29) is 23.9 Å². The zero-order valence-electron chi connectivity index (χ0n) is 19.0. The number of H-pyrrole nitrogens is 1. The maximum Gasteiger partial charge on any atom is 0.280 e. The third-order valence-electron chi connectivity index (χ3n) is 6.59. The monoisotopic (exact) mass is 501 g/mol. The smallest absolute Gasteiger partial charge is 0.280 e. The van der Waals surface area contributed by atoms with Crippen molar-refractivity contribution in [3.05, 3.63) is 50.6 Å². The molecule has 1 saturated carbocycles. The predicted molar refractivity (Wildman–Crippen MR) is 133 cm³/mol. The first kappa shape index (κ1) is 23.3. The lowest BCUT2D eigenvalue weighted by atomic mass is 10.1. The highest BCUT2D eigenvalue weighted by molar-refractivity contribution is 7.13. The Bertz CT molecular complexity index is 1210. The number of benzene rings is 1. The van der Waals surface area contributed by atoms with Crippen molar-refractivity contribution in [3.8, 4) is 0 Å². The fraction of sp³-hybridized carbons (Fsp3) is 0.458. The minimum atomic E-state index is -0.181. The summed E-state index contributed by atoms with van der Waals surface area (Å²) in [4.78, 5) is 37.1. The number of fused-ring (bicyclic) bond motifs is 2. The van der Waals surface area contributed by atoms with E-state index in [0.29, 0.717) is 22.3 Å². The molecule has 1 fully saturated rings. The summed E-state index contributed by atoms with van der Waals surface area (Å²) in [5.74, 6) is -0.339. The van der Waals surface area contributed by atoms with Gasteiger partial charge in [0.1, 0.15) is 5.69 Å². The third-order valence-corrected chi connectivity index (χ3v) is 7.91. The molecule has 2 atom stereocenters. The number of nitrogens with zero attached hydrogens (tertiary/aromatic N) is 2. The number of carbonyl (C=O) groups is 2. The minimum Gasteiger partial charge on any atom is -0.383 e. The first-order valence-electron chi connectivity index (χ1n) is 11.6. The number of methoxy groups -OCH3 is 1. The molecule has 0 radical (unpaired) electrons. The first-order valence-corrected chi connectivity index (χ1v) is 12.8. The highest BCUT2D eigenvalue weighted by Gasteiger charge is 2.32. The Balaban J connectivity index is 1.21. The van der Waals surface area contributed by atoms with Gasteiger partial charge in [-0.3, -0.25) is 14.5 Å². The fourth-order valence-electron chi connectivity index (χ4n) is 4.76. The number of rotatable bonds is 7. The van der Waals surface area contributed by atoms with Crippen LogP contribution in [0.2, 0.25) is 5.02 Å². The third kappa shape index (κ3) is 4.98. The van der Waals surface area contributed by atoms with Crippen molar-refractivity contribution in [1.29, 1.82) is 0 Å². The quantitative estimate of drug-likeness (QED) is 0.461. The summed E-state index contributed by atoms with van der Waals surface area (Å²) >= 11 is 7.53. The van der Waals surface area contributed by atoms with Gasteiger partial charge in [-0.25, -0.2) is 4.98 Å². The summed E-state index contributed by atoms with van der Waals surface area (Å²) in [5, 5.41) is 8.24. The van der Waals surface area contributed by atoms with Gasteiger partial charge in [-0.15, -0.1) is 11.3 Å². The molecule has 34 heavy (non-hydrogen) atoms. The van der Waals surface area contributed by atoms with Gasteiger partial charge in [-0.05, 0) is 43.5 Å². The molecule has 8 nitrogen and oxygen atoms in total. The van der Waals surface area contributed by atoms with E-state index in [9.17, 15) is 9.59 Å². The average Bonchev–Trinajstić information content (AvgIpc) is 3.55. The van der Waals surface area contributed by atoms with Gasteiger partial charge in [-0.1, -0.05) is 11.6 Å². The van der Waals surface area contributed by atoms with Crippen molar-refractivity contribution >= 4 is 45.7 Å². The molecule has 0 unspecified atom stereocenters. The second kappa shape index (κ2) is 10.0. The number of amides is 2. The molecule has 10 heteroatoms. The zero-order chi connectivity index (χ0) is 23.7. The maximum absolute atomic E-state index is 13.0. The molecule has 1 aliphatic heterocycles. The van der Waals surface area contributed by atoms with Gasteiger partial charge in [0.05, 0.1) is 12.3 Å². The van der Waals surface area contributed by atoms with Crippen LogP contribution in [0.1, 0.15) is 50.1 Å². The van der Waals surface area contributed by atoms with Crippen LogP contribution in [0.15, 0.2) is 24.3 Å². The lowest BCUT2D eigenvalue weighted by Gasteiger charge is -2.25. The van der Waals surface area contributed by atoms with E-state index < -0.39 is 0 Å². The van der Waals surface area contributed by atoms with E-state index in [0.717, 1.165) is 66.8 Å². The van der Waals surface area contributed by atoms with Gasteiger partial charge in [-0.2, -0.15) is 0 Å². The topological polar surface area (TPSA) is 99.3 Å². The largest absolute Gasteiger partial charge is 0.383 e. The van der Waals surface area contributed by atoms with E-state index in [2.05, 4.69) is 25.5 Å². The van der Waals surface area contributed by atoms with Crippen molar-refractivity contribution in [2.75, 3.05) is 26.8 Å². The van der Waals surface area contributed by atoms with Gasteiger partial charge in [0.2, 0.25) is 0 Å². The number of halogens is 1. The number of hydrogen-bond acceptors (Lipinski definition) is 6. The number of thiazole rings is 1. The molecule has 1 aliphatic carbocycles. The molecule has 1 aromatic carbocycles. The molecule has 3 aromatic rings. The standard InChI is InChI=1S/C24H28ClN5O3S/c1-33-10-9-30-8-7-19-21(13-30)34-24(29-19)23(32)28-18-4-2-3-17(18)27-22(31)20-12-14-11-15(25)5-6-16(14)26-20/h5-6,11-12,17-18,26H,2-4,7-10,13H2,1H3,(H,27,31)(H,28,32)/t17-,18-/m1/s1. The van der Waals surface area contributed by atoms with Crippen molar-refractivity contribution in [2.24, 2.45) is 0 Å². The Labute approximate surface area is 207 Å². The SMILES string of the molecule is COCCN1CCc2nc(C(=O)N[C@@H]3CCC[C@H]3NC(=O)c3cc4cc(Cl)ccc4[nH]3)sc2C1. The van der Waals surface area contributed by atoms with Crippen molar-refractivity contribution in [2.45, 2.75) is 44.3 Å². The number of aromatic nitrogens is 2. The highest BCUT2D eigenvalue weighted by Crippen LogP contribution is 2.26. The second-order valence-corrected chi connectivity index (χ2v) is 10.4. The number of carbonyl (C=O) groups excluding carboxylic acids is 2. The summed E-state index contributed by atoms with van der Waals surface area (Å²) in [7, 11) is 1.71. The average molecular weight is 502 g/mol. The van der Waals surface area contributed by atoms with E-state index in [1.54, 1.807) is 19.2 Å². The van der Waals surface area contributed by atoms with Crippen molar-refractivity contribution in [1.82, 2.24) is 25.5 Å². The number of nitrogens with one attached hydrogen (secondary N) is 3. The van der Waals surface area contributed by atoms with Crippen molar-refractivity contribution in [3.63, 3.8) is 0 Å². The molecular weight excluding hydrogens is 474 g/mol. The van der Waals surface area contributed by atoms with Crippen LogP contribution in [0, 0.1) is 0 Å². The summed E-state index contributed by atoms with van der Waals surface area (Å²) in [6.07, 6.45) is 3.45. The summed E-state index contributed by atoms with van der Waals surface area (Å²) in [6.45, 7) is 3.31. The molecule has 180 valence electrons. The molecule has 5 rings (SSSR count). The Hall–Kier alpha value is -2.46. The molecule has 3 heterocycles. The predicted octanol–water partition coefficient (Wildman–Crippen LogP) is 3.36. The molecule has 0 saturated heterocycles. The Kier molecular flexibility index (Phi) is 6.87. The van der Waals surface area contributed by atoms with Gasteiger partial charge in [0, 0.05) is 66.1 Å².